The molecule has 0 aliphatic heterocycles. The zero-order chi connectivity index (χ0) is 31.1. The minimum atomic E-state index is -5.08. The van der Waals surface area contributed by atoms with E-state index in [4.69, 9.17) is 9.90 Å². The number of carboxylic acid groups (broad SMARTS) is 1. The molecule has 1 heterocycles. The molecule has 0 aliphatic rings. The second kappa shape index (κ2) is 13.4. The van der Waals surface area contributed by atoms with E-state index < -0.39 is 33.9 Å². The van der Waals surface area contributed by atoms with Crippen molar-refractivity contribution in [2.75, 3.05) is 19.3 Å². The Morgan fingerprint density at radius 3 is 2.14 bits per heavy atom. The molecule has 4 N–H and O–H groups in total. The van der Waals surface area contributed by atoms with Crippen LogP contribution in [-0.4, -0.2) is 55.0 Å². The highest BCUT2D eigenvalue weighted by Crippen LogP contribution is 2.32. The minimum absolute atomic E-state index is 0.333. The maximum absolute atomic E-state index is 13.0. The number of hydrogen-bond acceptors (Lipinski definition) is 5. The molecule has 0 unspecified atom stereocenters. The highest BCUT2D eigenvalue weighted by atomic mass is 32.2. The van der Waals surface area contributed by atoms with Crippen LogP contribution in [0.1, 0.15) is 17.5 Å². The first-order valence-electron chi connectivity index (χ1n) is 12.2. The smallest absolute Gasteiger partial charge is 0.475 e. The number of nitrogens with zero attached hydrogens (tertiary/aromatic N) is 1. The number of H-pyrrole nitrogens is 1. The number of halogens is 6. The SMILES string of the molecule is CS(=O)(=O)NCCCNCc1cccc(-c2cccc(-c3nc4ccc(C(F)(F)F)cc4[nH]3)c2)c1.O=C(O)C(F)(F)F. The Hall–Kier alpha value is -3.95. The lowest BCUT2D eigenvalue weighted by molar-refractivity contribution is -0.192. The van der Waals surface area contributed by atoms with Crippen molar-refractivity contribution in [1.82, 2.24) is 20.0 Å². The van der Waals surface area contributed by atoms with Crippen LogP contribution in [-0.2, 0) is 27.5 Å². The summed E-state index contributed by atoms with van der Waals surface area (Å²) in [6.45, 7) is 1.69. The quantitative estimate of drug-likeness (QED) is 0.144. The molecule has 0 saturated heterocycles. The molecule has 4 aromatic rings. The Labute approximate surface area is 236 Å². The van der Waals surface area contributed by atoms with Gasteiger partial charge in [0.05, 0.1) is 22.9 Å². The van der Waals surface area contributed by atoms with Crippen molar-refractivity contribution in [3.8, 4) is 22.5 Å². The number of sulfonamides is 1. The third-order valence-electron chi connectivity index (χ3n) is 5.67. The van der Waals surface area contributed by atoms with E-state index in [0.717, 1.165) is 40.6 Å². The van der Waals surface area contributed by atoms with Gasteiger partial charge in [-0.15, -0.1) is 0 Å². The zero-order valence-corrected chi connectivity index (χ0v) is 22.8. The fourth-order valence-electron chi connectivity index (χ4n) is 3.73. The normalized spacial score (nSPS) is 12.2. The monoisotopic (exact) mass is 616 g/mol. The molecule has 0 fully saturated rings. The van der Waals surface area contributed by atoms with Crippen LogP contribution in [0.5, 0.6) is 0 Å². The molecular formula is C27H26F6N4O4S. The van der Waals surface area contributed by atoms with E-state index in [0.29, 0.717) is 42.9 Å². The average molecular weight is 617 g/mol. The van der Waals surface area contributed by atoms with Crippen molar-refractivity contribution >= 4 is 27.0 Å². The van der Waals surface area contributed by atoms with E-state index in [2.05, 4.69) is 26.1 Å². The number of hydrogen-bond donors (Lipinski definition) is 4. The van der Waals surface area contributed by atoms with E-state index >= 15 is 0 Å². The number of aliphatic carboxylic acids is 1. The number of fused-ring (bicyclic) bond motifs is 1. The largest absolute Gasteiger partial charge is 0.490 e. The standard InChI is InChI=1S/C25H25F3N4O2S.C2HF3O2/c1-35(33,34)30-12-4-11-29-16-17-5-2-6-18(13-17)19-7-3-8-20(14-19)24-31-22-10-9-21(25(26,27)28)15-23(22)32-24;3-2(4,5)1(6)7/h2-3,5-10,13-15,29-30H,4,11-12,16H2,1H3,(H,31,32);(H,6,7). The first-order valence-corrected chi connectivity index (χ1v) is 14.1. The molecule has 4 rings (SSSR count). The van der Waals surface area contributed by atoms with Crippen molar-refractivity contribution in [2.45, 2.75) is 25.3 Å². The van der Waals surface area contributed by atoms with Gasteiger partial charge in [-0.05, 0) is 60.0 Å². The Morgan fingerprint density at radius 2 is 1.52 bits per heavy atom. The highest BCUT2D eigenvalue weighted by molar-refractivity contribution is 7.88. The fourth-order valence-corrected chi connectivity index (χ4v) is 4.25. The summed E-state index contributed by atoms with van der Waals surface area (Å²) < 4.78 is 95.5. The van der Waals surface area contributed by atoms with Gasteiger partial charge in [0.15, 0.2) is 0 Å². The number of rotatable bonds is 9. The number of aromatic nitrogens is 2. The number of imidazole rings is 1. The molecule has 0 atom stereocenters. The van der Waals surface area contributed by atoms with Gasteiger partial charge in [-0.1, -0.05) is 36.4 Å². The van der Waals surface area contributed by atoms with Crippen LogP contribution in [0.4, 0.5) is 26.3 Å². The molecule has 0 amide bonds. The number of benzene rings is 3. The van der Waals surface area contributed by atoms with Gasteiger partial charge in [-0.2, -0.15) is 26.3 Å². The maximum Gasteiger partial charge on any atom is 0.490 e. The fraction of sp³-hybridized carbons (Fsp3) is 0.259. The Bertz CT molecular complexity index is 1640. The Balaban J connectivity index is 0.000000616. The van der Waals surface area contributed by atoms with E-state index in [1.807, 2.05) is 42.5 Å². The molecule has 42 heavy (non-hydrogen) atoms. The first kappa shape index (κ1) is 32.6. The van der Waals surface area contributed by atoms with E-state index in [1.54, 1.807) is 0 Å². The van der Waals surface area contributed by atoms with Crippen molar-refractivity contribution in [2.24, 2.45) is 0 Å². The van der Waals surface area contributed by atoms with Crippen LogP contribution in [0, 0.1) is 0 Å². The molecule has 0 bridgehead atoms. The molecular weight excluding hydrogens is 590 g/mol. The third-order valence-corrected chi connectivity index (χ3v) is 6.40. The lowest BCUT2D eigenvalue weighted by Gasteiger charge is -2.09. The lowest BCUT2D eigenvalue weighted by atomic mass is 10.0. The molecule has 0 spiro atoms. The van der Waals surface area contributed by atoms with Crippen LogP contribution in [0.2, 0.25) is 0 Å². The number of carboxylic acids is 1. The van der Waals surface area contributed by atoms with Crippen molar-refractivity contribution < 1.29 is 44.7 Å². The predicted octanol–water partition coefficient (Wildman–Crippen LogP) is 5.58. The molecule has 0 saturated carbocycles. The van der Waals surface area contributed by atoms with Gasteiger partial charge in [0, 0.05) is 18.7 Å². The highest BCUT2D eigenvalue weighted by Gasteiger charge is 2.38. The van der Waals surface area contributed by atoms with Crippen molar-refractivity contribution in [1.29, 1.82) is 0 Å². The molecule has 0 radical (unpaired) electrons. The van der Waals surface area contributed by atoms with Gasteiger partial charge in [0.2, 0.25) is 10.0 Å². The van der Waals surface area contributed by atoms with Gasteiger partial charge in [0.25, 0.3) is 0 Å². The zero-order valence-electron chi connectivity index (χ0n) is 22.0. The number of carbonyl (C=O) groups is 1. The summed E-state index contributed by atoms with van der Waals surface area (Å²) in [6, 6.07) is 19.2. The van der Waals surface area contributed by atoms with Gasteiger partial charge >= 0.3 is 18.3 Å². The number of aromatic amines is 1. The average Bonchev–Trinajstić information content (AvgIpc) is 3.33. The van der Waals surface area contributed by atoms with Crippen LogP contribution in [0.3, 0.4) is 0 Å². The summed E-state index contributed by atoms with van der Waals surface area (Å²) in [7, 11) is -3.17. The van der Waals surface area contributed by atoms with Crippen molar-refractivity contribution in [3.05, 3.63) is 77.9 Å². The minimum Gasteiger partial charge on any atom is -0.475 e. The molecule has 3 aromatic carbocycles. The first-order chi connectivity index (χ1) is 19.5. The summed E-state index contributed by atoms with van der Waals surface area (Å²) >= 11 is 0. The van der Waals surface area contributed by atoms with E-state index in [-0.39, 0.29) is 0 Å². The summed E-state index contributed by atoms with van der Waals surface area (Å²) in [5.74, 6) is -2.26. The Kier molecular flexibility index (Phi) is 10.4. The maximum atomic E-state index is 13.0. The second-order valence-corrected chi connectivity index (χ2v) is 10.9. The summed E-state index contributed by atoms with van der Waals surface area (Å²) in [4.78, 5) is 16.4. The van der Waals surface area contributed by atoms with Crippen molar-refractivity contribution in [3.63, 3.8) is 0 Å². The molecule has 8 nitrogen and oxygen atoms in total. The summed E-state index contributed by atoms with van der Waals surface area (Å²) in [5, 5.41) is 10.4. The second-order valence-electron chi connectivity index (χ2n) is 9.10. The van der Waals surface area contributed by atoms with Gasteiger partial charge in [-0.3, -0.25) is 0 Å². The molecule has 0 aliphatic carbocycles. The van der Waals surface area contributed by atoms with Crippen LogP contribution in [0.15, 0.2) is 66.7 Å². The Morgan fingerprint density at radius 1 is 0.905 bits per heavy atom. The van der Waals surface area contributed by atoms with Gasteiger partial charge in [-0.25, -0.2) is 22.9 Å². The van der Waals surface area contributed by atoms with Gasteiger partial charge < -0.3 is 15.4 Å². The topological polar surface area (TPSA) is 124 Å². The number of alkyl halides is 6. The van der Waals surface area contributed by atoms with E-state index in [1.165, 1.54) is 6.07 Å². The third kappa shape index (κ3) is 9.85. The lowest BCUT2D eigenvalue weighted by Crippen LogP contribution is -2.26. The van der Waals surface area contributed by atoms with Crippen LogP contribution < -0.4 is 10.0 Å². The molecule has 226 valence electrons. The summed E-state index contributed by atoms with van der Waals surface area (Å²) in [6.07, 6.45) is -7.68. The van der Waals surface area contributed by atoms with Crippen LogP contribution >= 0.6 is 0 Å². The number of nitrogens with one attached hydrogen (secondary N) is 3. The molecule has 15 heteroatoms. The molecule has 1 aromatic heterocycles. The van der Waals surface area contributed by atoms with E-state index in [9.17, 15) is 34.8 Å². The van der Waals surface area contributed by atoms with Gasteiger partial charge in [0.1, 0.15) is 5.82 Å². The predicted molar refractivity (Wildman–Crippen MR) is 145 cm³/mol. The van der Waals surface area contributed by atoms with Crippen LogP contribution in [0.25, 0.3) is 33.5 Å². The summed E-state index contributed by atoms with van der Waals surface area (Å²) in [5.41, 5.74) is 3.89.